The Morgan fingerprint density at radius 3 is 3.12 bits per heavy atom. The molecule has 3 heteroatoms. The van der Waals surface area contributed by atoms with Crippen LogP contribution in [-0.2, 0) is 6.67 Å². The molecule has 0 saturated carbocycles. The maximum Gasteiger partial charge on any atom is 0.0936 e. The predicted molar refractivity (Wildman–Crippen MR) is 69.7 cm³/mol. The molecule has 1 fully saturated rings. The molecule has 17 heavy (non-hydrogen) atoms. The van der Waals surface area contributed by atoms with Gasteiger partial charge in [0.1, 0.15) is 0 Å². The van der Waals surface area contributed by atoms with E-state index in [0.29, 0.717) is 0 Å². The molecule has 1 aliphatic heterocycles. The molecule has 90 valence electrons. The fourth-order valence-electron chi connectivity index (χ4n) is 2.74. The second kappa shape index (κ2) is 4.49. The van der Waals surface area contributed by atoms with Crippen molar-refractivity contribution in [2.45, 2.75) is 26.4 Å². The average Bonchev–Trinajstić information content (AvgIpc) is 2.73. The molecule has 2 heterocycles. The minimum Gasteiger partial charge on any atom is -0.284 e. The van der Waals surface area contributed by atoms with E-state index < -0.39 is 0 Å². The summed E-state index contributed by atoms with van der Waals surface area (Å²) in [6.07, 6.45) is 4.65. The highest BCUT2D eigenvalue weighted by atomic mass is 15.4. The van der Waals surface area contributed by atoms with E-state index >= 15 is 0 Å². The molecule has 0 spiro atoms. The third kappa shape index (κ3) is 2.20. The van der Waals surface area contributed by atoms with Gasteiger partial charge in [0.15, 0.2) is 0 Å². The lowest BCUT2D eigenvalue weighted by Crippen LogP contribution is -2.35. The molecule has 1 atom stereocenters. The zero-order valence-electron chi connectivity index (χ0n) is 10.3. The maximum atomic E-state index is 4.49. The topological polar surface area (TPSA) is 21.1 Å². The normalized spacial score (nSPS) is 22.1. The molecule has 0 aliphatic carbocycles. The van der Waals surface area contributed by atoms with E-state index in [-0.39, 0.29) is 0 Å². The molecule has 3 nitrogen and oxygen atoms in total. The average molecular weight is 229 g/mol. The molecule has 0 N–H and O–H groups in total. The molecule has 1 saturated heterocycles. The number of hydrogen-bond acceptors (Lipinski definition) is 2. The number of fused-ring (bicyclic) bond motifs is 1. The van der Waals surface area contributed by atoms with Crippen LogP contribution in [0.15, 0.2) is 30.5 Å². The molecule has 1 aromatic heterocycles. The second-order valence-electron chi connectivity index (χ2n) is 5.17. The monoisotopic (exact) mass is 229 g/mol. The molecule has 1 unspecified atom stereocenters. The van der Waals surface area contributed by atoms with Crippen molar-refractivity contribution >= 4 is 10.9 Å². The van der Waals surface area contributed by atoms with Gasteiger partial charge < -0.3 is 0 Å². The van der Waals surface area contributed by atoms with Crippen LogP contribution in [-0.4, -0.2) is 27.8 Å². The van der Waals surface area contributed by atoms with E-state index in [1.165, 1.54) is 36.8 Å². The molecule has 1 aromatic carbocycles. The number of aromatic nitrogens is 2. The summed E-state index contributed by atoms with van der Waals surface area (Å²) in [5.74, 6) is 0.825. The van der Waals surface area contributed by atoms with Crippen molar-refractivity contribution in [3.8, 4) is 0 Å². The van der Waals surface area contributed by atoms with Crippen molar-refractivity contribution in [1.29, 1.82) is 0 Å². The van der Waals surface area contributed by atoms with E-state index in [2.05, 4.69) is 45.9 Å². The van der Waals surface area contributed by atoms with E-state index in [9.17, 15) is 0 Å². The van der Waals surface area contributed by atoms with Gasteiger partial charge in [-0.15, -0.1) is 0 Å². The highest BCUT2D eigenvalue weighted by Crippen LogP contribution is 2.18. The van der Waals surface area contributed by atoms with Crippen molar-refractivity contribution in [3.63, 3.8) is 0 Å². The lowest BCUT2D eigenvalue weighted by molar-refractivity contribution is 0.141. The van der Waals surface area contributed by atoms with Gasteiger partial charge in [0.05, 0.1) is 18.4 Å². The van der Waals surface area contributed by atoms with Gasteiger partial charge in [0.25, 0.3) is 0 Å². The highest BCUT2D eigenvalue weighted by molar-refractivity contribution is 5.78. The highest BCUT2D eigenvalue weighted by Gasteiger charge is 2.16. The van der Waals surface area contributed by atoms with Crippen LogP contribution in [0.5, 0.6) is 0 Å². The minimum absolute atomic E-state index is 0.825. The molecule has 0 amide bonds. The summed E-state index contributed by atoms with van der Waals surface area (Å²) in [6, 6.07) is 8.42. The maximum absolute atomic E-state index is 4.49. The Morgan fingerprint density at radius 2 is 2.24 bits per heavy atom. The van der Waals surface area contributed by atoms with Gasteiger partial charge in [-0.3, -0.25) is 9.58 Å². The van der Waals surface area contributed by atoms with Gasteiger partial charge in [0, 0.05) is 11.9 Å². The number of para-hydroxylation sites is 1. The first kappa shape index (κ1) is 10.8. The summed E-state index contributed by atoms with van der Waals surface area (Å²) in [4.78, 5) is 2.51. The van der Waals surface area contributed by atoms with Gasteiger partial charge in [-0.1, -0.05) is 25.1 Å². The SMILES string of the molecule is CC1CCCN(Cn2ncc3ccccc32)C1. The minimum atomic E-state index is 0.825. The van der Waals surface area contributed by atoms with Crippen LogP contribution in [0.3, 0.4) is 0 Å². The molecule has 0 bridgehead atoms. The second-order valence-corrected chi connectivity index (χ2v) is 5.17. The summed E-state index contributed by atoms with van der Waals surface area (Å²) >= 11 is 0. The van der Waals surface area contributed by atoms with Crippen LogP contribution in [0.4, 0.5) is 0 Å². The van der Waals surface area contributed by atoms with Crippen molar-refractivity contribution in [2.75, 3.05) is 13.1 Å². The summed E-state index contributed by atoms with van der Waals surface area (Å²) < 4.78 is 2.12. The molecule has 3 rings (SSSR count). The summed E-state index contributed by atoms with van der Waals surface area (Å²) in [5.41, 5.74) is 1.24. The van der Waals surface area contributed by atoms with Crippen LogP contribution in [0.2, 0.25) is 0 Å². The zero-order chi connectivity index (χ0) is 11.7. The number of nitrogens with zero attached hydrogens (tertiary/aromatic N) is 3. The first-order valence-electron chi connectivity index (χ1n) is 6.46. The fourth-order valence-corrected chi connectivity index (χ4v) is 2.74. The number of hydrogen-bond donors (Lipinski definition) is 0. The van der Waals surface area contributed by atoms with Crippen LogP contribution >= 0.6 is 0 Å². The van der Waals surface area contributed by atoms with Crippen LogP contribution < -0.4 is 0 Å². The Hall–Kier alpha value is -1.35. The summed E-state index contributed by atoms with van der Waals surface area (Å²) in [6.45, 7) is 5.68. The fraction of sp³-hybridized carbons (Fsp3) is 0.500. The lowest BCUT2D eigenvalue weighted by atomic mass is 10.0. The Bertz CT molecular complexity index is 503. The standard InChI is InChI=1S/C14H19N3/c1-12-5-4-8-16(10-12)11-17-14-7-3-2-6-13(14)9-15-17/h2-3,6-7,9,12H,4-5,8,10-11H2,1H3. The van der Waals surface area contributed by atoms with Crippen molar-refractivity contribution in [3.05, 3.63) is 30.5 Å². The zero-order valence-corrected chi connectivity index (χ0v) is 10.3. The first-order valence-corrected chi connectivity index (χ1v) is 6.46. The predicted octanol–water partition coefficient (Wildman–Crippen LogP) is 2.73. The van der Waals surface area contributed by atoms with Gasteiger partial charge >= 0.3 is 0 Å². The van der Waals surface area contributed by atoms with Gasteiger partial charge in [-0.25, -0.2) is 0 Å². The molecule has 1 aliphatic rings. The summed E-state index contributed by atoms with van der Waals surface area (Å²) in [5, 5.41) is 5.72. The first-order chi connectivity index (χ1) is 8.33. The van der Waals surface area contributed by atoms with Crippen molar-refractivity contribution < 1.29 is 0 Å². The smallest absolute Gasteiger partial charge is 0.0936 e. The Kier molecular flexibility index (Phi) is 2.85. The van der Waals surface area contributed by atoms with Crippen molar-refractivity contribution in [2.24, 2.45) is 5.92 Å². The van der Waals surface area contributed by atoms with Crippen LogP contribution in [0, 0.1) is 5.92 Å². The van der Waals surface area contributed by atoms with Gasteiger partial charge in [-0.05, 0) is 31.4 Å². The number of likely N-dealkylation sites (tertiary alicyclic amines) is 1. The molecule has 2 aromatic rings. The molecular weight excluding hydrogens is 210 g/mol. The van der Waals surface area contributed by atoms with Gasteiger partial charge in [0.2, 0.25) is 0 Å². The quantitative estimate of drug-likeness (QED) is 0.789. The van der Waals surface area contributed by atoms with E-state index in [0.717, 1.165) is 12.6 Å². The Balaban J connectivity index is 1.80. The number of benzene rings is 1. The van der Waals surface area contributed by atoms with Crippen LogP contribution in [0.1, 0.15) is 19.8 Å². The van der Waals surface area contributed by atoms with Gasteiger partial charge in [-0.2, -0.15) is 5.10 Å². The largest absolute Gasteiger partial charge is 0.284 e. The van der Waals surface area contributed by atoms with E-state index in [1.807, 2.05) is 6.20 Å². The third-order valence-electron chi connectivity index (χ3n) is 3.63. The van der Waals surface area contributed by atoms with E-state index in [1.54, 1.807) is 0 Å². The Morgan fingerprint density at radius 1 is 1.35 bits per heavy atom. The number of piperidine rings is 1. The molecule has 0 radical (unpaired) electrons. The molecular formula is C14H19N3. The lowest BCUT2D eigenvalue weighted by Gasteiger charge is -2.30. The van der Waals surface area contributed by atoms with E-state index in [4.69, 9.17) is 0 Å². The summed E-state index contributed by atoms with van der Waals surface area (Å²) in [7, 11) is 0. The third-order valence-corrected chi connectivity index (χ3v) is 3.63. The number of rotatable bonds is 2. The van der Waals surface area contributed by atoms with Crippen molar-refractivity contribution in [1.82, 2.24) is 14.7 Å². The Labute approximate surface area is 102 Å². The van der Waals surface area contributed by atoms with Crippen LogP contribution in [0.25, 0.3) is 10.9 Å².